The fourth-order valence-corrected chi connectivity index (χ4v) is 3.01. The van der Waals surface area contributed by atoms with Crippen LogP contribution in [0.4, 0.5) is 0 Å². The molecule has 0 aromatic rings. The van der Waals surface area contributed by atoms with Crippen LogP contribution in [-0.4, -0.2) is 85.4 Å². The Hall–Kier alpha value is -1.51. The number of hydrogen-bond acceptors (Lipinski definition) is 11. The summed E-state index contributed by atoms with van der Waals surface area (Å²) in [7, 11) is 0. The molecule has 0 bridgehead atoms. The van der Waals surface area contributed by atoms with Gasteiger partial charge in [-0.25, -0.2) is 0 Å². The van der Waals surface area contributed by atoms with E-state index >= 15 is 0 Å². The second-order valence-electron chi connectivity index (χ2n) is 6.24. The highest BCUT2D eigenvalue weighted by Gasteiger charge is 2.52. The van der Waals surface area contributed by atoms with E-state index in [1.54, 1.807) is 0 Å². The maximum atomic E-state index is 11.7. The summed E-state index contributed by atoms with van der Waals surface area (Å²) in [4.78, 5) is 46.2. The molecule has 0 saturated carbocycles. The number of hydrogen-bond donors (Lipinski definition) is 0. The summed E-state index contributed by atoms with van der Waals surface area (Å²) in [5.74, 6) is -2.67. The summed E-state index contributed by atoms with van der Waals surface area (Å²) in [6.45, 7) is 5.23. The van der Waals surface area contributed by atoms with Crippen LogP contribution in [0.3, 0.4) is 0 Å². The summed E-state index contributed by atoms with van der Waals surface area (Å²) in [6, 6.07) is 0. The number of rotatable bonds is 11. The summed E-state index contributed by atoms with van der Waals surface area (Å²) in [5.41, 5.74) is 0. The first kappa shape index (κ1) is 26.5. The van der Waals surface area contributed by atoms with Crippen molar-refractivity contribution in [1.82, 2.24) is 0 Å². The third kappa shape index (κ3) is 9.53. The molecule has 0 unspecified atom stereocenters. The van der Waals surface area contributed by atoms with Gasteiger partial charge in [-0.2, -0.15) is 0 Å². The minimum absolute atomic E-state index is 0.0877. The Morgan fingerprint density at radius 3 is 1.87 bits per heavy atom. The molecule has 1 fully saturated rings. The lowest BCUT2D eigenvalue weighted by Gasteiger charge is -2.44. The molecule has 0 aliphatic carbocycles. The highest BCUT2D eigenvalue weighted by molar-refractivity contribution is 14.1. The molecule has 1 aliphatic rings. The maximum Gasteiger partial charge on any atom is 0.303 e. The van der Waals surface area contributed by atoms with Crippen LogP contribution in [-0.2, 0) is 52.3 Å². The minimum atomic E-state index is -1.25. The van der Waals surface area contributed by atoms with Gasteiger partial charge in [-0.1, -0.05) is 22.6 Å². The highest BCUT2D eigenvalue weighted by Crippen LogP contribution is 2.29. The number of esters is 4. The van der Waals surface area contributed by atoms with Crippen LogP contribution in [0.5, 0.6) is 0 Å². The Morgan fingerprint density at radius 1 is 0.767 bits per heavy atom. The first-order valence-electron chi connectivity index (χ1n) is 9.21. The van der Waals surface area contributed by atoms with Crippen LogP contribution in [0.2, 0.25) is 0 Å². The van der Waals surface area contributed by atoms with Crippen LogP contribution in [0.25, 0.3) is 0 Å². The van der Waals surface area contributed by atoms with Crippen molar-refractivity contribution in [3.63, 3.8) is 0 Å². The molecule has 1 saturated heterocycles. The lowest BCUT2D eigenvalue weighted by Crippen LogP contribution is -2.63. The number of carbonyl (C=O) groups is 4. The predicted octanol–water partition coefficient (Wildman–Crippen LogP) is 0.538. The van der Waals surface area contributed by atoms with Crippen molar-refractivity contribution in [1.29, 1.82) is 0 Å². The smallest absolute Gasteiger partial charge is 0.303 e. The van der Waals surface area contributed by atoms with Gasteiger partial charge in [0.25, 0.3) is 0 Å². The average molecular weight is 546 g/mol. The van der Waals surface area contributed by atoms with Crippen molar-refractivity contribution in [2.45, 2.75) is 58.4 Å². The Kier molecular flexibility index (Phi) is 12.1. The first-order chi connectivity index (χ1) is 14.1. The molecule has 172 valence electrons. The lowest BCUT2D eigenvalue weighted by molar-refractivity contribution is -0.309. The predicted molar refractivity (Wildman–Crippen MR) is 108 cm³/mol. The van der Waals surface area contributed by atoms with Crippen LogP contribution < -0.4 is 0 Å². The molecule has 1 rings (SSSR count). The largest absolute Gasteiger partial charge is 0.463 e. The summed E-state index contributed by atoms with van der Waals surface area (Å²) in [5, 5.41) is 0. The average Bonchev–Trinajstić information content (AvgIpc) is 2.63. The maximum absolute atomic E-state index is 11.7. The molecule has 0 radical (unpaired) electrons. The molecule has 0 aromatic carbocycles. The molecule has 1 aliphatic heterocycles. The molecule has 0 amide bonds. The number of ether oxygens (including phenoxy) is 7. The second-order valence-corrected chi connectivity index (χ2v) is 7.32. The van der Waals surface area contributed by atoms with E-state index in [0.29, 0.717) is 6.61 Å². The molecular weight excluding hydrogens is 519 g/mol. The van der Waals surface area contributed by atoms with E-state index in [-0.39, 0.29) is 19.8 Å². The standard InChI is InChI=1S/C18H27IO11/c1-10(20)26-9-14-15(27-11(2)21)16(28-12(3)22)17(29-13(4)23)18(30-14)25-8-7-24-6-5-19/h14-18H,5-9H2,1-4H3/t14-,15-,16+,17-,18-/m1/s1. The van der Waals surface area contributed by atoms with Gasteiger partial charge in [-0.05, 0) is 0 Å². The van der Waals surface area contributed by atoms with E-state index < -0.39 is 54.6 Å². The SMILES string of the molecule is CC(=O)OC[C@H]1O[C@@H](OCCOCCI)[C@H](OC(C)=O)[C@@H](OC(C)=O)[C@@H]1OC(C)=O. The zero-order valence-corrected chi connectivity index (χ0v) is 19.4. The molecule has 12 heteroatoms. The van der Waals surface area contributed by atoms with Crippen molar-refractivity contribution in [3.05, 3.63) is 0 Å². The lowest BCUT2D eigenvalue weighted by atomic mass is 9.98. The quantitative estimate of drug-likeness (QED) is 0.118. The Balaban J connectivity index is 3.13. The van der Waals surface area contributed by atoms with E-state index in [1.165, 1.54) is 6.92 Å². The third-order valence-electron chi connectivity index (χ3n) is 3.68. The van der Waals surface area contributed by atoms with Gasteiger partial charge < -0.3 is 33.2 Å². The van der Waals surface area contributed by atoms with Gasteiger partial charge in [0.1, 0.15) is 12.7 Å². The van der Waals surface area contributed by atoms with Crippen molar-refractivity contribution >= 4 is 46.5 Å². The number of halogens is 1. The van der Waals surface area contributed by atoms with Crippen LogP contribution >= 0.6 is 22.6 Å². The molecule has 0 spiro atoms. The fraction of sp³-hybridized carbons (Fsp3) is 0.778. The van der Waals surface area contributed by atoms with E-state index in [2.05, 4.69) is 22.6 Å². The molecule has 11 nitrogen and oxygen atoms in total. The Morgan fingerprint density at radius 2 is 1.33 bits per heavy atom. The van der Waals surface area contributed by atoms with Crippen molar-refractivity contribution < 1.29 is 52.3 Å². The van der Waals surface area contributed by atoms with Gasteiger partial charge in [-0.3, -0.25) is 19.2 Å². The van der Waals surface area contributed by atoms with Gasteiger partial charge in [-0.15, -0.1) is 0 Å². The monoisotopic (exact) mass is 546 g/mol. The normalized spacial score (nSPS) is 25.8. The van der Waals surface area contributed by atoms with Gasteiger partial charge in [0, 0.05) is 32.1 Å². The number of alkyl halides is 1. The molecule has 0 aromatic heterocycles. The highest BCUT2D eigenvalue weighted by atomic mass is 127. The van der Waals surface area contributed by atoms with E-state index in [0.717, 1.165) is 25.2 Å². The van der Waals surface area contributed by atoms with Crippen molar-refractivity contribution in [2.75, 3.05) is 30.9 Å². The molecule has 30 heavy (non-hydrogen) atoms. The molecule has 1 heterocycles. The second kappa shape index (κ2) is 13.7. The van der Waals surface area contributed by atoms with E-state index in [1.807, 2.05) is 0 Å². The summed E-state index contributed by atoms with van der Waals surface area (Å²) in [6.07, 6.45) is -5.90. The topological polar surface area (TPSA) is 133 Å². The zero-order valence-electron chi connectivity index (χ0n) is 17.3. The fourth-order valence-electron chi connectivity index (χ4n) is 2.70. The molecular formula is C18H27IO11. The van der Waals surface area contributed by atoms with Gasteiger partial charge in [0.2, 0.25) is 0 Å². The third-order valence-corrected chi connectivity index (χ3v) is 4.12. The molecule has 0 N–H and O–H groups in total. The zero-order chi connectivity index (χ0) is 22.7. The van der Waals surface area contributed by atoms with Gasteiger partial charge in [0.15, 0.2) is 24.6 Å². The number of carbonyl (C=O) groups excluding carboxylic acids is 4. The van der Waals surface area contributed by atoms with Crippen molar-refractivity contribution in [2.24, 2.45) is 0 Å². The van der Waals surface area contributed by atoms with Gasteiger partial charge >= 0.3 is 23.9 Å². The first-order valence-corrected chi connectivity index (χ1v) is 10.7. The molecule has 5 atom stereocenters. The van der Waals surface area contributed by atoms with Crippen LogP contribution in [0.15, 0.2) is 0 Å². The van der Waals surface area contributed by atoms with Crippen LogP contribution in [0, 0.1) is 0 Å². The van der Waals surface area contributed by atoms with E-state index in [4.69, 9.17) is 33.2 Å². The summed E-state index contributed by atoms with van der Waals surface area (Å²) >= 11 is 2.16. The van der Waals surface area contributed by atoms with E-state index in [9.17, 15) is 19.2 Å². The van der Waals surface area contributed by atoms with Crippen molar-refractivity contribution in [3.8, 4) is 0 Å². The minimum Gasteiger partial charge on any atom is -0.463 e. The van der Waals surface area contributed by atoms with Crippen LogP contribution in [0.1, 0.15) is 27.7 Å². The Bertz CT molecular complexity index is 597. The van der Waals surface area contributed by atoms with Gasteiger partial charge in [0.05, 0.1) is 19.8 Å². The summed E-state index contributed by atoms with van der Waals surface area (Å²) < 4.78 is 38.4. The Labute approximate surface area is 188 Å².